The summed E-state index contributed by atoms with van der Waals surface area (Å²) in [5, 5.41) is 10.7. The van der Waals surface area contributed by atoms with Crippen LogP contribution in [0.3, 0.4) is 0 Å². The lowest BCUT2D eigenvalue weighted by Gasteiger charge is -2.04. The maximum absolute atomic E-state index is 11.7. The monoisotopic (exact) mass is 258 g/mol. The van der Waals surface area contributed by atoms with Crippen molar-refractivity contribution in [2.75, 3.05) is 12.3 Å². The van der Waals surface area contributed by atoms with Crippen molar-refractivity contribution in [1.82, 2.24) is 0 Å². The lowest BCUT2D eigenvalue weighted by molar-refractivity contribution is -0.385. The lowest BCUT2D eigenvalue weighted by atomic mass is 10.2. The smallest absolute Gasteiger partial charge is 0.273 e. The van der Waals surface area contributed by atoms with Crippen LogP contribution >= 0.6 is 0 Å². The Morgan fingerprint density at radius 1 is 1.29 bits per heavy atom. The molecule has 17 heavy (non-hydrogen) atoms. The average Bonchev–Trinajstić information content (AvgIpc) is 2.26. The Morgan fingerprint density at radius 3 is 2.53 bits per heavy atom. The molecule has 1 aromatic carbocycles. The molecule has 0 aliphatic heterocycles. The molecule has 94 valence electrons. The Hall–Kier alpha value is -1.47. The highest BCUT2D eigenvalue weighted by Crippen LogP contribution is 2.20. The Kier molecular flexibility index (Phi) is 4.59. The normalized spacial score (nSPS) is 11.4. The van der Waals surface area contributed by atoms with Gasteiger partial charge in [-0.2, -0.15) is 0 Å². The van der Waals surface area contributed by atoms with Gasteiger partial charge in [0.25, 0.3) is 5.69 Å². The molecule has 0 amide bonds. The molecule has 0 radical (unpaired) electrons. The molecule has 0 saturated heterocycles. The minimum atomic E-state index is -3.34. The summed E-state index contributed by atoms with van der Waals surface area (Å²) in [5.41, 5.74) is 5.29. The molecule has 0 aliphatic carbocycles. The Labute approximate surface area is 99.5 Å². The standard InChI is InChI=1S/C10H14N2O4S/c11-6-3-7-17(15,16)8-9-4-1-2-5-10(9)12(13)14/h1-2,4-5H,3,6-8,11H2. The first-order valence-corrected chi connectivity index (χ1v) is 6.91. The molecule has 0 unspecified atom stereocenters. The van der Waals surface area contributed by atoms with Crippen LogP contribution in [0.1, 0.15) is 12.0 Å². The summed E-state index contributed by atoms with van der Waals surface area (Å²) in [6.45, 7) is 0.288. The van der Waals surface area contributed by atoms with Gasteiger partial charge in [0.15, 0.2) is 9.84 Å². The number of benzene rings is 1. The second-order valence-electron chi connectivity index (χ2n) is 3.62. The lowest BCUT2D eigenvalue weighted by Crippen LogP contribution is -2.13. The van der Waals surface area contributed by atoms with Gasteiger partial charge in [-0.1, -0.05) is 18.2 Å². The molecule has 0 heterocycles. The van der Waals surface area contributed by atoms with E-state index >= 15 is 0 Å². The minimum absolute atomic E-state index is 0.0461. The fourth-order valence-corrected chi connectivity index (χ4v) is 2.89. The molecule has 7 heteroatoms. The minimum Gasteiger partial charge on any atom is -0.330 e. The summed E-state index contributed by atoms with van der Waals surface area (Å²) < 4.78 is 23.3. The van der Waals surface area contributed by atoms with E-state index in [9.17, 15) is 18.5 Å². The number of hydrogen-bond acceptors (Lipinski definition) is 5. The summed E-state index contributed by atoms with van der Waals surface area (Å²) in [6, 6.07) is 5.85. The largest absolute Gasteiger partial charge is 0.330 e. The van der Waals surface area contributed by atoms with Gasteiger partial charge < -0.3 is 5.73 Å². The van der Waals surface area contributed by atoms with E-state index in [0.717, 1.165) is 0 Å². The third-order valence-corrected chi connectivity index (χ3v) is 3.88. The predicted octanol–water partition coefficient (Wildman–Crippen LogP) is 0.858. The van der Waals surface area contributed by atoms with E-state index in [-0.39, 0.29) is 29.3 Å². The van der Waals surface area contributed by atoms with Crippen molar-refractivity contribution in [2.24, 2.45) is 5.73 Å². The van der Waals surface area contributed by atoms with Gasteiger partial charge in [-0.15, -0.1) is 0 Å². The SMILES string of the molecule is NCCCS(=O)(=O)Cc1ccccc1[N+](=O)[O-]. The topological polar surface area (TPSA) is 103 Å². The van der Waals surface area contributed by atoms with Gasteiger partial charge >= 0.3 is 0 Å². The Balaban J connectivity index is 2.92. The number of nitro benzene ring substituents is 1. The molecular formula is C10H14N2O4S. The fraction of sp³-hybridized carbons (Fsp3) is 0.400. The molecule has 0 spiro atoms. The molecule has 1 rings (SSSR count). The maximum atomic E-state index is 11.7. The van der Waals surface area contributed by atoms with Gasteiger partial charge in [-0.05, 0) is 13.0 Å². The first-order chi connectivity index (χ1) is 7.96. The highest BCUT2D eigenvalue weighted by molar-refractivity contribution is 7.90. The van der Waals surface area contributed by atoms with E-state index < -0.39 is 14.8 Å². The van der Waals surface area contributed by atoms with Gasteiger partial charge in [-0.25, -0.2) is 8.42 Å². The fourth-order valence-electron chi connectivity index (χ4n) is 1.42. The van der Waals surface area contributed by atoms with Crippen LogP contribution in [0, 0.1) is 10.1 Å². The molecule has 6 nitrogen and oxygen atoms in total. The second kappa shape index (κ2) is 5.74. The second-order valence-corrected chi connectivity index (χ2v) is 5.80. The number of nitrogens with two attached hydrogens (primary N) is 1. The van der Waals surface area contributed by atoms with Crippen molar-refractivity contribution in [2.45, 2.75) is 12.2 Å². The Bertz CT molecular complexity index is 499. The summed E-state index contributed by atoms with van der Waals surface area (Å²) in [5.74, 6) is -0.361. The summed E-state index contributed by atoms with van der Waals surface area (Å²) in [7, 11) is -3.34. The highest BCUT2D eigenvalue weighted by atomic mass is 32.2. The van der Waals surface area contributed by atoms with E-state index in [2.05, 4.69) is 0 Å². The first-order valence-electron chi connectivity index (χ1n) is 5.09. The van der Waals surface area contributed by atoms with Crippen molar-refractivity contribution in [1.29, 1.82) is 0 Å². The maximum Gasteiger partial charge on any atom is 0.273 e. The van der Waals surface area contributed by atoms with Gasteiger partial charge in [-0.3, -0.25) is 10.1 Å². The highest BCUT2D eigenvalue weighted by Gasteiger charge is 2.19. The van der Waals surface area contributed by atoms with Crippen molar-refractivity contribution >= 4 is 15.5 Å². The van der Waals surface area contributed by atoms with Crippen LogP contribution in [0.2, 0.25) is 0 Å². The van der Waals surface area contributed by atoms with E-state index in [1.54, 1.807) is 6.07 Å². The van der Waals surface area contributed by atoms with Crippen LogP contribution in [0.5, 0.6) is 0 Å². The summed E-state index contributed by atoms with van der Waals surface area (Å²) in [6.07, 6.45) is 0.364. The molecule has 0 aliphatic rings. The van der Waals surface area contributed by atoms with Crippen molar-refractivity contribution in [3.8, 4) is 0 Å². The van der Waals surface area contributed by atoms with Crippen molar-refractivity contribution in [3.63, 3.8) is 0 Å². The third-order valence-electron chi connectivity index (χ3n) is 2.22. The quantitative estimate of drug-likeness (QED) is 0.602. The number of hydrogen-bond donors (Lipinski definition) is 1. The number of para-hydroxylation sites is 1. The molecule has 0 fully saturated rings. The molecule has 1 aromatic rings. The number of rotatable bonds is 6. The molecule has 0 saturated carbocycles. The van der Waals surface area contributed by atoms with Gasteiger partial charge in [0.2, 0.25) is 0 Å². The van der Waals surface area contributed by atoms with Crippen LogP contribution in [-0.4, -0.2) is 25.6 Å². The number of nitrogens with zero attached hydrogens (tertiary/aromatic N) is 1. The molecule has 2 N–H and O–H groups in total. The van der Waals surface area contributed by atoms with Crippen LogP contribution in [-0.2, 0) is 15.6 Å². The summed E-state index contributed by atoms with van der Waals surface area (Å²) in [4.78, 5) is 10.1. The third kappa shape index (κ3) is 4.12. The van der Waals surface area contributed by atoms with E-state index in [4.69, 9.17) is 5.73 Å². The Morgan fingerprint density at radius 2 is 1.94 bits per heavy atom. The zero-order valence-corrected chi connectivity index (χ0v) is 10.0. The van der Waals surface area contributed by atoms with Gasteiger partial charge in [0.1, 0.15) is 0 Å². The van der Waals surface area contributed by atoms with Gasteiger partial charge in [0, 0.05) is 11.6 Å². The predicted molar refractivity (Wildman–Crippen MR) is 64.3 cm³/mol. The van der Waals surface area contributed by atoms with E-state index in [1.807, 2.05) is 0 Å². The van der Waals surface area contributed by atoms with Crippen LogP contribution in [0.4, 0.5) is 5.69 Å². The van der Waals surface area contributed by atoms with E-state index in [0.29, 0.717) is 6.42 Å². The van der Waals surface area contributed by atoms with E-state index in [1.165, 1.54) is 18.2 Å². The molecule has 0 bridgehead atoms. The number of sulfone groups is 1. The van der Waals surface area contributed by atoms with Crippen LogP contribution in [0.15, 0.2) is 24.3 Å². The van der Waals surface area contributed by atoms with Crippen LogP contribution < -0.4 is 5.73 Å². The first kappa shape index (κ1) is 13.6. The zero-order chi connectivity index (χ0) is 12.9. The average molecular weight is 258 g/mol. The zero-order valence-electron chi connectivity index (χ0n) is 9.20. The molecule has 0 atom stereocenters. The summed E-state index contributed by atoms with van der Waals surface area (Å²) >= 11 is 0. The van der Waals surface area contributed by atoms with Crippen molar-refractivity contribution < 1.29 is 13.3 Å². The van der Waals surface area contributed by atoms with Gasteiger partial charge in [0.05, 0.1) is 16.4 Å². The van der Waals surface area contributed by atoms with Crippen LogP contribution in [0.25, 0.3) is 0 Å². The molecule has 0 aromatic heterocycles. The molecular weight excluding hydrogens is 244 g/mol. The number of nitro groups is 1. The van der Waals surface area contributed by atoms with Crippen molar-refractivity contribution in [3.05, 3.63) is 39.9 Å².